The average Bonchev–Trinajstić information content (AvgIpc) is 3.85. The zero-order chi connectivity index (χ0) is 48.3. The second-order valence-corrected chi connectivity index (χ2v) is 19.8. The summed E-state index contributed by atoms with van der Waals surface area (Å²) in [6.45, 7) is 10.7. The van der Waals surface area contributed by atoms with Gasteiger partial charge in [-0.2, -0.15) is 0 Å². The number of ketones is 1. The molecule has 5 rings (SSSR count). The summed E-state index contributed by atoms with van der Waals surface area (Å²) in [5.74, 6) is -5.13. The molecule has 3 fully saturated rings. The quantitative estimate of drug-likeness (QED) is 0.0853. The number of hydrogen-bond acceptors (Lipinski definition) is 12. The highest BCUT2D eigenvalue weighted by Crippen LogP contribution is 2.33. The summed E-state index contributed by atoms with van der Waals surface area (Å²) in [5.41, 5.74) is 6.00. The molecule has 0 aliphatic carbocycles. The van der Waals surface area contributed by atoms with Crippen molar-refractivity contribution in [1.29, 1.82) is 0 Å². The standard InChI is InChI=1S/C47H65N9O9S/c1-27(2)22-33-43(62)51-32(18-10-11-20-48)42(61)53-34(26-66-36-24-38(58)56(46(36)65)31-17-12-16-30(23-31)40(59)29-14-8-7-9-15-29)39(45(64)54-47(4,5)6)55-21-13-19-35(55)44(63)49-25-37(57)50-28(3)41(60)52-33/h7-9,12,14-17,23,27-28,32-36,39H,10-11,13,18-22,24-26,48H2,1-6H3,(H,49,63)(H,50,57)(H,51,62)(H,52,60)(H,53,61)(H,54,64)/t28-,32-,33-,34-,35-,36?,39-/m0/s1. The monoisotopic (exact) mass is 931 g/mol. The van der Waals surface area contributed by atoms with Crippen LogP contribution in [0.25, 0.3) is 0 Å². The normalized spacial score (nSPS) is 25.2. The molecule has 3 heterocycles. The van der Waals surface area contributed by atoms with Gasteiger partial charge in [-0.25, -0.2) is 4.90 Å². The van der Waals surface area contributed by atoms with Gasteiger partial charge in [0.1, 0.15) is 24.2 Å². The van der Waals surface area contributed by atoms with Crippen molar-refractivity contribution in [3.05, 3.63) is 65.7 Å². The number of thioether (sulfide) groups is 1. The van der Waals surface area contributed by atoms with E-state index in [-0.39, 0.29) is 54.5 Å². The molecular weight excluding hydrogens is 867 g/mol. The number of unbranched alkanes of at least 4 members (excludes halogenated alkanes) is 1. The number of carbonyl (C=O) groups is 9. The van der Waals surface area contributed by atoms with Crippen molar-refractivity contribution in [2.45, 2.75) is 134 Å². The van der Waals surface area contributed by atoms with Gasteiger partial charge in [0.05, 0.1) is 29.6 Å². The van der Waals surface area contributed by atoms with E-state index in [0.29, 0.717) is 37.8 Å². The predicted molar refractivity (Wildman–Crippen MR) is 250 cm³/mol. The van der Waals surface area contributed by atoms with Crippen LogP contribution in [-0.4, -0.2) is 130 Å². The molecule has 66 heavy (non-hydrogen) atoms. The molecule has 3 aliphatic rings. The number of fused-ring (bicyclic) bond motifs is 1. The van der Waals surface area contributed by atoms with Crippen LogP contribution in [0.4, 0.5) is 5.69 Å². The number of carbonyl (C=O) groups excluding carboxylic acids is 9. The van der Waals surface area contributed by atoms with Gasteiger partial charge in [0.25, 0.3) is 0 Å². The Kier molecular flexibility index (Phi) is 18.0. The molecule has 2 aromatic carbocycles. The van der Waals surface area contributed by atoms with E-state index in [4.69, 9.17) is 5.73 Å². The fourth-order valence-corrected chi connectivity index (χ4v) is 9.56. The highest BCUT2D eigenvalue weighted by atomic mass is 32.2. The van der Waals surface area contributed by atoms with E-state index >= 15 is 0 Å². The lowest BCUT2D eigenvalue weighted by atomic mass is 10.00. The molecule has 8 amide bonds. The maximum absolute atomic E-state index is 14.7. The van der Waals surface area contributed by atoms with Crippen molar-refractivity contribution in [1.82, 2.24) is 36.8 Å². The van der Waals surface area contributed by atoms with E-state index in [1.54, 1.807) is 74.2 Å². The number of hydrogen-bond donors (Lipinski definition) is 7. The molecule has 8 N–H and O–H groups in total. The predicted octanol–water partition coefficient (Wildman–Crippen LogP) is 1.29. The minimum absolute atomic E-state index is 0.0674. The van der Waals surface area contributed by atoms with Crippen molar-refractivity contribution >= 4 is 70.5 Å². The Balaban J connectivity index is 1.52. The average molecular weight is 932 g/mol. The third kappa shape index (κ3) is 13.7. The highest BCUT2D eigenvalue weighted by Gasteiger charge is 2.46. The molecule has 0 spiro atoms. The van der Waals surface area contributed by atoms with Crippen molar-refractivity contribution in [2.24, 2.45) is 11.7 Å². The number of benzene rings is 2. The second kappa shape index (κ2) is 23.2. The van der Waals surface area contributed by atoms with Gasteiger partial charge in [-0.15, -0.1) is 11.8 Å². The fraction of sp³-hybridized carbons (Fsp3) is 0.553. The molecule has 358 valence electrons. The molecule has 0 bridgehead atoms. The molecule has 0 aromatic heterocycles. The summed E-state index contributed by atoms with van der Waals surface area (Å²) in [7, 11) is 0. The smallest absolute Gasteiger partial charge is 0.247 e. The minimum atomic E-state index is -1.22. The van der Waals surface area contributed by atoms with Gasteiger partial charge in [-0.3, -0.25) is 48.1 Å². The molecule has 3 aliphatic heterocycles. The summed E-state index contributed by atoms with van der Waals surface area (Å²) < 4.78 is 0. The lowest BCUT2D eigenvalue weighted by Gasteiger charge is -2.39. The van der Waals surface area contributed by atoms with Gasteiger partial charge in [-0.1, -0.05) is 56.3 Å². The first-order valence-corrected chi connectivity index (χ1v) is 23.8. The van der Waals surface area contributed by atoms with Crippen LogP contribution in [0.5, 0.6) is 0 Å². The topological polar surface area (TPSA) is 258 Å². The SMILES string of the molecule is CC(C)C[C@@H]1NC(=O)[C@H](C)NC(=O)CNC(=O)[C@@H]2CCCN2[C@H](C(=O)NC(C)(C)C)[C@H](CSC2CC(=O)N(c3cccc(C(=O)c4ccccc4)c3)C2=O)NC(=O)[C@H](CCCCN)NC1=O. The van der Waals surface area contributed by atoms with Gasteiger partial charge >= 0.3 is 0 Å². The first-order chi connectivity index (χ1) is 31.3. The van der Waals surface area contributed by atoms with Crippen LogP contribution in [0.15, 0.2) is 54.6 Å². The number of imide groups is 1. The molecule has 0 radical (unpaired) electrons. The van der Waals surface area contributed by atoms with E-state index in [1.165, 1.54) is 13.0 Å². The van der Waals surface area contributed by atoms with Crippen molar-refractivity contribution in [2.75, 3.05) is 30.3 Å². The number of rotatable bonds is 13. The first-order valence-electron chi connectivity index (χ1n) is 22.7. The molecule has 1 unspecified atom stereocenters. The molecular formula is C47H65N9O9S. The minimum Gasteiger partial charge on any atom is -0.350 e. The maximum Gasteiger partial charge on any atom is 0.247 e. The Hall–Kier alpha value is -5.66. The van der Waals surface area contributed by atoms with Gasteiger partial charge in [-0.05, 0) is 97.4 Å². The molecule has 18 nitrogen and oxygen atoms in total. The maximum atomic E-state index is 14.7. The Bertz CT molecular complexity index is 2130. The third-order valence-electron chi connectivity index (χ3n) is 11.5. The molecule has 7 atom stereocenters. The molecule has 19 heteroatoms. The Morgan fingerprint density at radius 2 is 1.53 bits per heavy atom. The van der Waals surface area contributed by atoms with Crippen molar-refractivity contribution < 1.29 is 43.2 Å². The Morgan fingerprint density at radius 3 is 2.21 bits per heavy atom. The van der Waals surface area contributed by atoms with Gasteiger partial charge in [0.2, 0.25) is 47.3 Å². The Labute approximate surface area is 390 Å². The van der Waals surface area contributed by atoms with E-state index in [1.807, 2.05) is 13.8 Å². The lowest BCUT2D eigenvalue weighted by Crippen LogP contribution is -2.66. The highest BCUT2D eigenvalue weighted by molar-refractivity contribution is 8.00. The van der Waals surface area contributed by atoms with Crippen molar-refractivity contribution in [3.8, 4) is 0 Å². The zero-order valence-corrected chi connectivity index (χ0v) is 39.5. The van der Waals surface area contributed by atoms with E-state index < -0.39 is 101 Å². The van der Waals surface area contributed by atoms with E-state index in [0.717, 1.165) is 16.7 Å². The van der Waals surface area contributed by atoms with Crippen LogP contribution >= 0.6 is 11.8 Å². The lowest BCUT2D eigenvalue weighted by molar-refractivity contribution is -0.136. The molecule has 3 saturated heterocycles. The molecule has 2 aromatic rings. The van der Waals surface area contributed by atoms with Crippen molar-refractivity contribution in [3.63, 3.8) is 0 Å². The third-order valence-corrected chi connectivity index (χ3v) is 12.9. The number of nitrogens with two attached hydrogens (primary N) is 1. The van der Waals surface area contributed by atoms with Crippen LogP contribution < -0.4 is 42.5 Å². The summed E-state index contributed by atoms with van der Waals surface area (Å²) in [6.07, 6.45) is 1.90. The van der Waals surface area contributed by atoms with Crippen LogP contribution in [0.2, 0.25) is 0 Å². The van der Waals surface area contributed by atoms with Crippen LogP contribution in [-0.2, 0) is 38.4 Å². The van der Waals surface area contributed by atoms with Gasteiger partial charge < -0.3 is 37.6 Å². The number of amides is 8. The van der Waals surface area contributed by atoms with E-state index in [2.05, 4.69) is 31.9 Å². The molecule has 0 saturated carbocycles. The first kappa shape index (κ1) is 51.3. The summed E-state index contributed by atoms with van der Waals surface area (Å²) in [6, 6.07) is 8.29. The Morgan fingerprint density at radius 1 is 0.848 bits per heavy atom. The number of anilines is 1. The largest absolute Gasteiger partial charge is 0.350 e. The summed E-state index contributed by atoms with van der Waals surface area (Å²) >= 11 is 1.07. The van der Waals surface area contributed by atoms with Crippen LogP contribution in [0.1, 0.15) is 102 Å². The second-order valence-electron chi connectivity index (χ2n) is 18.6. The van der Waals surface area contributed by atoms with Crippen LogP contribution in [0.3, 0.4) is 0 Å². The number of nitrogens with one attached hydrogen (secondary N) is 6. The fourth-order valence-electron chi connectivity index (χ4n) is 8.35. The van der Waals surface area contributed by atoms with E-state index in [9.17, 15) is 43.2 Å². The van der Waals surface area contributed by atoms with Gasteiger partial charge in [0, 0.05) is 28.8 Å². The summed E-state index contributed by atoms with van der Waals surface area (Å²) in [4.78, 5) is 128. The zero-order valence-electron chi connectivity index (χ0n) is 38.6. The summed E-state index contributed by atoms with van der Waals surface area (Å²) in [5, 5.41) is 15.8. The van der Waals surface area contributed by atoms with Gasteiger partial charge in [0.15, 0.2) is 5.78 Å². The van der Waals surface area contributed by atoms with Crippen LogP contribution in [0, 0.1) is 5.92 Å². The number of nitrogens with zero attached hydrogens (tertiary/aromatic N) is 2.